The number of likely N-dealkylation sites (tertiary alicyclic amines) is 2. The molecule has 0 aliphatic carbocycles. The first-order valence-corrected chi connectivity index (χ1v) is 16.0. The molecule has 3 aliphatic heterocycles. The van der Waals surface area contributed by atoms with E-state index in [1.54, 1.807) is 20.7 Å². The molecule has 0 N–H and O–H groups in total. The lowest BCUT2D eigenvalue weighted by molar-refractivity contribution is -0.0196. The molecule has 6 rings (SSSR count). The largest absolute Gasteiger partial charge is 0.486 e. The standard InChI is InChI=1S/C34H45N7O5/c1-21-15-23(22-10-13-39(14-11-22)24-17-40(18-24)31(42)45-33(2,3)4)16-27-29(21)44-19-25-28(26-9-12-37-38(26)8)35-20-36-30(25)41(27)32(43)46-34(5,6)7/h9,12,15-16,20,22,24H,10-11,13-14,17-19H2,1-8H3. The predicted octanol–water partition coefficient (Wildman–Crippen LogP) is 5.95. The van der Waals surface area contributed by atoms with Gasteiger partial charge < -0.3 is 19.1 Å². The maximum absolute atomic E-state index is 14.0. The summed E-state index contributed by atoms with van der Waals surface area (Å²) in [5.41, 5.74) is 3.63. The lowest BCUT2D eigenvalue weighted by Crippen LogP contribution is -2.62. The molecule has 3 aliphatic rings. The molecule has 5 heterocycles. The number of amides is 2. The van der Waals surface area contributed by atoms with Gasteiger partial charge in [0.1, 0.15) is 35.6 Å². The number of carbonyl (C=O) groups is 2. The second kappa shape index (κ2) is 11.9. The van der Waals surface area contributed by atoms with Crippen molar-refractivity contribution >= 4 is 23.7 Å². The zero-order valence-electron chi connectivity index (χ0n) is 28.2. The van der Waals surface area contributed by atoms with E-state index >= 15 is 0 Å². The quantitative estimate of drug-likeness (QED) is 0.346. The highest BCUT2D eigenvalue weighted by Gasteiger charge is 2.39. The Hall–Kier alpha value is -4.19. The van der Waals surface area contributed by atoms with Gasteiger partial charge in [-0.25, -0.2) is 24.5 Å². The summed E-state index contributed by atoms with van der Waals surface area (Å²) in [6.07, 6.45) is 4.36. The van der Waals surface area contributed by atoms with Crippen LogP contribution < -0.4 is 9.64 Å². The lowest BCUT2D eigenvalue weighted by atomic mass is 9.87. The van der Waals surface area contributed by atoms with Gasteiger partial charge >= 0.3 is 12.2 Å². The Morgan fingerprint density at radius 3 is 2.26 bits per heavy atom. The zero-order valence-corrected chi connectivity index (χ0v) is 28.2. The normalized spacial score (nSPS) is 17.8. The number of benzene rings is 1. The van der Waals surface area contributed by atoms with Crippen molar-refractivity contribution in [1.82, 2.24) is 29.5 Å². The number of aromatic nitrogens is 4. The predicted molar refractivity (Wildman–Crippen MR) is 173 cm³/mol. The van der Waals surface area contributed by atoms with Crippen LogP contribution in [0.25, 0.3) is 11.4 Å². The summed E-state index contributed by atoms with van der Waals surface area (Å²) in [5, 5.41) is 4.32. The van der Waals surface area contributed by atoms with Crippen LogP contribution in [0.3, 0.4) is 0 Å². The van der Waals surface area contributed by atoms with Crippen LogP contribution in [-0.4, -0.2) is 85.2 Å². The molecule has 12 nitrogen and oxygen atoms in total. The molecule has 2 saturated heterocycles. The smallest absolute Gasteiger partial charge is 0.420 e. The van der Waals surface area contributed by atoms with Gasteiger partial charge in [0.05, 0.1) is 16.9 Å². The second-order valence-corrected chi connectivity index (χ2v) is 14.5. The summed E-state index contributed by atoms with van der Waals surface area (Å²) in [6, 6.07) is 6.49. The van der Waals surface area contributed by atoms with E-state index in [4.69, 9.17) is 14.2 Å². The highest BCUT2D eigenvalue weighted by Crippen LogP contribution is 2.45. The van der Waals surface area contributed by atoms with Gasteiger partial charge in [0.25, 0.3) is 0 Å². The Morgan fingerprint density at radius 1 is 0.957 bits per heavy atom. The fraction of sp³-hybridized carbons (Fsp3) is 0.559. The zero-order chi connectivity index (χ0) is 33.0. The van der Waals surface area contributed by atoms with Gasteiger partial charge in [-0.05, 0) is 104 Å². The summed E-state index contributed by atoms with van der Waals surface area (Å²) in [6.45, 7) is 16.7. The summed E-state index contributed by atoms with van der Waals surface area (Å²) in [4.78, 5) is 41.4. The molecule has 0 bridgehead atoms. The first kappa shape index (κ1) is 31.8. The van der Waals surface area contributed by atoms with Crippen LogP contribution in [0.15, 0.2) is 30.7 Å². The van der Waals surface area contributed by atoms with Crippen molar-refractivity contribution in [2.45, 2.75) is 91.1 Å². The Balaban J connectivity index is 1.26. The average Bonchev–Trinajstić information content (AvgIpc) is 3.27. The van der Waals surface area contributed by atoms with Crippen molar-refractivity contribution < 1.29 is 23.8 Å². The maximum Gasteiger partial charge on any atom is 0.420 e. The average molecular weight is 632 g/mol. The summed E-state index contributed by atoms with van der Waals surface area (Å²) < 4.78 is 19.7. The van der Waals surface area contributed by atoms with Gasteiger partial charge in [-0.3, -0.25) is 9.58 Å². The molecule has 246 valence electrons. The SMILES string of the molecule is Cc1cc(C2CCN(C3CN(C(=O)OC(C)(C)C)C3)CC2)cc2c1OCc1c(-c3ccnn3C)ncnc1N2C(=O)OC(C)(C)C. The van der Waals surface area contributed by atoms with Gasteiger partial charge in [0, 0.05) is 32.4 Å². The van der Waals surface area contributed by atoms with Crippen LogP contribution in [-0.2, 0) is 23.1 Å². The van der Waals surface area contributed by atoms with Crippen LogP contribution in [0.1, 0.15) is 77.0 Å². The Bertz CT molecular complexity index is 1630. The van der Waals surface area contributed by atoms with E-state index in [2.05, 4.69) is 32.1 Å². The van der Waals surface area contributed by atoms with Gasteiger partial charge in [0.15, 0.2) is 5.82 Å². The number of aryl methyl sites for hydroxylation is 2. The van der Waals surface area contributed by atoms with Gasteiger partial charge in [-0.1, -0.05) is 6.07 Å². The third kappa shape index (κ3) is 6.40. The fourth-order valence-corrected chi connectivity index (χ4v) is 6.44. The minimum Gasteiger partial charge on any atom is -0.486 e. The highest BCUT2D eigenvalue weighted by molar-refractivity contribution is 5.99. The number of anilines is 2. The molecule has 2 aromatic heterocycles. The first-order chi connectivity index (χ1) is 21.7. The molecule has 12 heteroatoms. The molecule has 2 fully saturated rings. The molecule has 0 unspecified atom stereocenters. The third-order valence-electron chi connectivity index (χ3n) is 8.68. The molecule has 3 aromatic rings. The van der Waals surface area contributed by atoms with E-state index in [0.29, 0.717) is 53.6 Å². The van der Waals surface area contributed by atoms with Crippen LogP contribution in [0.2, 0.25) is 0 Å². The van der Waals surface area contributed by atoms with Gasteiger partial charge in [-0.2, -0.15) is 5.10 Å². The fourth-order valence-electron chi connectivity index (χ4n) is 6.44. The minimum absolute atomic E-state index is 0.184. The third-order valence-corrected chi connectivity index (χ3v) is 8.68. The number of piperidine rings is 1. The number of rotatable bonds is 3. The molecule has 2 amide bonds. The number of hydrogen-bond donors (Lipinski definition) is 0. The summed E-state index contributed by atoms with van der Waals surface area (Å²) >= 11 is 0. The Kier molecular flexibility index (Phi) is 8.20. The number of fused-ring (bicyclic) bond motifs is 2. The molecule has 0 spiro atoms. The second-order valence-electron chi connectivity index (χ2n) is 14.5. The maximum atomic E-state index is 14.0. The molecule has 0 saturated carbocycles. The topological polar surface area (TPSA) is 115 Å². The van der Waals surface area contributed by atoms with E-state index in [9.17, 15) is 9.59 Å². The van der Waals surface area contributed by atoms with E-state index in [1.807, 2.05) is 61.6 Å². The number of hydrogen-bond acceptors (Lipinski definition) is 9. The van der Waals surface area contributed by atoms with Crippen LogP contribution in [0.4, 0.5) is 21.1 Å². The van der Waals surface area contributed by atoms with Crippen molar-refractivity contribution in [2.75, 3.05) is 31.1 Å². The molecular weight excluding hydrogens is 586 g/mol. The van der Waals surface area contributed by atoms with Gasteiger partial charge in [-0.15, -0.1) is 0 Å². The van der Waals surface area contributed by atoms with Crippen LogP contribution in [0, 0.1) is 6.92 Å². The summed E-state index contributed by atoms with van der Waals surface area (Å²) in [5.74, 6) is 1.36. The minimum atomic E-state index is -0.720. The molecule has 1 aromatic carbocycles. The number of nitrogens with zero attached hydrogens (tertiary/aromatic N) is 7. The van der Waals surface area contributed by atoms with Gasteiger partial charge in [0.2, 0.25) is 0 Å². The monoisotopic (exact) mass is 631 g/mol. The number of ether oxygens (including phenoxy) is 3. The number of carbonyl (C=O) groups excluding carboxylic acids is 2. The van der Waals surface area contributed by atoms with E-state index in [-0.39, 0.29) is 12.7 Å². The molecular formula is C34H45N7O5. The summed E-state index contributed by atoms with van der Waals surface area (Å²) in [7, 11) is 1.85. The molecule has 46 heavy (non-hydrogen) atoms. The first-order valence-electron chi connectivity index (χ1n) is 16.0. The molecule has 0 radical (unpaired) electrons. The van der Waals surface area contributed by atoms with Crippen molar-refractivity contribution in [2.24, 2.45) is 7.05 Å². The highest BCUT2D eigenvalue weighted by atomic mass is 16.6. The van der Waals surface area contributed by atoms with E-state index in [1.165, 1.54) is 6.33 Å². The van der Waals surface area contributed by atoms with E-state index in [0.717, 1.165) is 42.8 Å². The van der Waals surface area contributed by atoms with Crippen molar-refractivity contribution in [3.63, 3.8) is 0 Å². The van der Waals surface area contributed by atoms with E-state index < -0.39 is 17.3 Å². The van der Waals surface area contributed by atoms with Crippen molar-refractivity contribution in [1.29, 1.82) is 0 Å². The van der Waals surface area contributed by atoms with Crippen LogP contribution >= 0.6 is 0 Å². The lowest BCUT2D eigenvalue weighted by Gasteiger charge is -2.47. The van der Waals surface area contributed by atoms with Crippen molar-refractivity contribution in [3.8, 4) is 17.1 Å². The molecule has 0 atom stereocenters. The Morgan fingerprint density at radius 2 is 1.63 bits per heavy atom. The van der Waals surface area contributed by atoms with Crippen molar-refractivity contribution in [3.05, 3.63) is 47.4 Å². The van der Waals surface area contributed by atoms with Crippen LogP contribution in [0.5, 0.6) is 5.75 Å². The Labute approximate surface area is 270 Å².